The van der Waals surface area contributed by atoms with Crippen LogP contribution in [0, 0.1) is 0 Å². The highest BCUT2D eigenvalue weighted by Crippen LogP contribution is 2.40. The van der Waals surface area contributed by atoms with Crippen LogP contribution in [0.25, 0.3) is 10.9 Å². The van der Waals surface area contributed by atoms with Gasteiger partial charge in [-0.25, -0.2) is 4.79 Å². The van der Waals surface area contributed by atoms with Gasteiger partial charge >= 0.3 is 6.09 Å². The van der Waals surface area contributed by atoms with Gasteiger partial charge in [0.25, 0.3) is 0 Å². The maximum absolute atomic E-state index is 13.2. The van der Waals surface area contributed by atoms with E-state index < -0.39 is 5.60 Å². The average Bonchev–Trinajstić information content (AvgIpc) is 3.48. The van der Waals surface area contributed by atoms with Crippen molar-refractivity contribution in [2.45, 2.75) is 51.8 Å². The Morgan fingerprint density at radius 1 is 1.14 bits per heavy atom. The first-order valence-electron chi connectivity index (χ1n) is 12.1. The van der Waals surface area contributed by atoms with Gasteiger partial charge in [0.15, 0.2) is 0 Å². The summed E-state index contributed by atoms with van der Waals surface area (Å²) in [6.45, 7) is 7.58. The Balaban J connectivity index is 1.40. The van der Waals surface area contributed by atoms with Crippen molar-refractivity contribution in [2.75, 3.05) is 13.2 Å². The zero-order valence-corrected chi connectivity index (χ0v) is 21.5. The van der Waals surface area contributed by atoms with Crippen molar-refractivity contribution < 1.29 is 14.3 Å². The van der Waals surface area contributed by atoms with Crippen LogP contribution in [0.4, 0.5) is 4.79 Å². The van der Waals surface area contributed by atoms with E-state index in [1.807, 2.05) is 67.8 Å². The van der Waals surface area contributed by atoms with Crippen LogP contribution in [-0.2, 0) is 17.7 Å². The van der Waals surface area contributed by atoms with Gasteiger partial charge in [0.2, 0.25) is 0 Å². The molecule has 36 heavy (non-hydrogen) atoms. The number of carbonyl (C=O) groups is 1. The maximum atomic E-state index is 13.2. The van der Waals surface area contributed by atoms with E-state index >= 15 is 0 Å². The number of nitrogens with zero attached hydrogens (tertiary/aromatic N) is 4. The predicted molar refractivity (Wildman–Crippen MR) is 138 cm³/mol. The molecule has 0 fully saturated rings. The van der Waals surface area contributed by atoms with E-state index in [1.165, 1.54) is 5.56 Å². The lowest BCUT2D eigenvalue weighted by atomic mass is 9.92. The number of fused-ring (bicyclic) bond motifs is 3. The summed E-state index contributed by atoms with van der Waals surface area (Å²) in [5, 5.41) is 9.41. The topological polar surface area (TPSA) is 85.3 Å². The minimum Gasteiger partial charge on any atom is -0.494 e. The number of nitrogens with one attached hydrogen (secondary N) is 1. The number of halogens is 1. The molecular formula is C27H30ClN5O3. The molecule has 0 saturated carbocycles. The highest BCUT2D eigenvalue weighted by atomic mass is 35.5. The molecule has 1 unspecified atom stereocenters. The van der Waals surface area contributed by atoms with Crippen LogP contribution >= 0.6 is 11.6 Å². The van der Waals surface area contributed by atoms with Crippen LogP contribution in [0.5, 0.6) is 5.75 Å². The molecule has 0 bridgehead atoms. The van der Waals surface area contributed by atoms with Crippen molar-refractivity contribution >= 4 is 28.6 Å². The Hall–Kier alpha value is -3.52. The summed E-state index contributed by atoms with van der Waals surface area (Å²) in [4.78, 5) is 18.6. The molecule has 1 atom stereocenters. The standard InChI is InChI=1S/C27H30ClN5O3/c1-27(2,3)36-26(34)33-13-11-21-22-15-19(28)7-10-23(22)31-24(21)25(33)18-5-8-20(9-6-18)35-14-4-12-32-16-29-30-17-32/h5-10,15-17,25,31H,4,11-14H2,1-3H3. The van der Waals surface area contributed by atoms with E-state index in [0.717, 1.165) is 47.3 Å². The lowest BCUT2D eigenvalue weighted by Gasteiger charge is -2.37. The number of hydrogen-bond donors (Lipinski definition) is 1. The lowest BCUT2D eigenvalue weighted by Crippen LogP contribution is -2.43. The molecule has 1 aliphatic heterocycles. The fourth-order valence-corrected chi connectivity index (χ4v) is 4.82. The number of benzene rings is 2. The minimum absolute atomic E-state index is 0.308. The quantitative estimate of drug-likeness (QED) is 0.335. The van der Waals surface area contributed by atoms with Crippen LogP contribution in [-0.4, -0.2) is 49.5 Å². The number of ether oxygens (including phenoxy) is 2. The third kappa shape index (κ3) is 5.18. The fraction of sp³-hybridized carbons (Fsp3) is 0.370. The van der Waals surface area contributed by atoms with Crippen LogP contribution in [0.15, 0.2) is 55.1 Å². The Kier molecular flexibility index (Phi) is 6.62. The van der Waals surface area contributed by atoms with Gasteiger partial charge in [0, 0.05) is 34.7 Å². The second-order valence-corrected chi connectivity index (χ2v) is 10.4. The largest absolute Gasteiger partial charge is 0.494 e. The summed E-state index contributed by atoms with van der Waals surface area (Å²) < 4.78 is 13.6. The number of H-pyrrole nitrogens is 1. The predicted octanol–water partition coefficient (Wildman–Crippen LogP) is 5.76. The Labute approximate surface area is 215 Å². The van der Waals surface area contributed by atoms with Crippen molar-refractivity contribution in [1.82, 2.24) is 24.6 Å². The zero-order valence-electron chi connectivity index (χ0n) is 20.7. The highest BCUT2D eigenvalue weighted by Gasteiger charge is 2.36. The molecule has 188 valence electrons. The van der Waals surface area contributed by atoms with Gasteiger partial charge in [-0.3, -0.25) is 4.90 Å². The average molecular weight is 508 g/mol. The van der Waals surface area contributed by atoms with Gasteiger partial charge < -0.3 is 19.0 Å². The Bertz CT molecular complexity index is 1340. The second kappa shape index (κ2) is 9.85. The lowest BCUT2D eigenvalue weighted by molar-refractivity contribution is 0.0175. The third-order valence-electron chi connectivity index (χ3n) is 6.21. The van der Waals surface area contributed by atoms with Gasteiger partial charge in [-0.2, -0.15) is 0 Å². The molecule has 0 radical (unpaired) electrons. The van der Waals surface area contributed by atoms with Gasteiger partial charge in [-0.15, -0.1) is 10.2 Å². The molecule has 1 amide bonds. The van der Waals surface area contributed by atoms with Gasteiger partial charge in [0.1, 0.15) is 30.0 Å². The van der Waals surface area contributed by atoms with Crippen molar-refractivity contribution in [1.29, 1.82) is 0 Å². The molecule has 5 rings (SSSR count). The molecule has 0 spiro atoms. The van der Waals surface area contributed by atoms with Crippen LogP contribution in [0.1, 0.15) is 50.1 Å². The summed E-state index contributed by atoms with van der Waals surface area (Å²) in [7, 11) is 0. The van der Waals surface area contributed by atoms with Crippen molar-refractivity contribution in [3.05, 3.63) is 77.0 Å². The van der Waals surface area contributed by atoms with Crippen LogP contribution in [0.2, 0.25) is 5.02 Å². The van der Waals surface area contributed by atoms with E-state index in [9.17, 15) is 4.79 Å². The molecule has 3 heterocycles. The summed E-state index contributed by atoms with van der Waals surface area (Å²) in [6.07, 6.45) is 4.63. The van der Waals surface area contributed by atoms with Gasteiger partial charge in [-0.05, 0) is 75.1 Å². The maximum Gasteiger partial charge on any atom is 0.411 e. The number of hydrogen-bond acceptors (Lipinski definition) is 5. The van der Waals surface area contributed by atoms with E-state index in [4.69, 9.17) is 21.1 Å². The highest BCUT2D eigenvalue weighted by molar-refractivity contribution is 6.31. The monoisotopic (exact) mass is 507 g/mol. The van der Waals surface area contributed by atoms with Crippen LogP contribution < -0.4 is 4.74 Å². The van der Waals surface area contributed by atoms with E-state index in [-0.39, 0.29) is 12.1 Å². The van der Waals surface area contributed by atoms with Gasteiger partial charge in [-0.1, -0.05) is 23.7 Å². The summed E-state index contributed by atoms with van der Waals surface area (Å²) in [5.74, 6) is 0.783. The minimum atomic E-state index is -0.583. The summed E-state index contributed by atoms with van der Waals surface area (Å²) in [5.41, 5.74) is 3.59. The molecule has 1 aliphatic rings. The number of amides is 1. The molecule has 8 nitrogen and oxygen atoms in total. The van der Waals surface area contributed by atoms with Crippen molar-refractivity contribution in [2.24, 2.45) is 0 Å². The normalized spacial score (nSPS) is 15.7. The van der Waals surface area contributed by atoms with E-state index in [2.05, 4.69) is 15.2 Å². The molecule has 0 saturated heterocycles. The molecule has 9 heteroatoms. The Morgan fingerprint density at radius 3 is 2.61 bits per heavy atom. The molecular weight excluding hydrogens is 478 g/mol. The SMILES string of the molecule is CC(C)(C)OC(=O)N1CCc2c([nH]c3ccc(Cl)cc23)C1c1ccc(OCCCn2cnnc2)cc1. The zero-order chi connectivity index (χ0) is 25.3. The molecule has 4 aromatic rings. The first kappa shape index (κ1) is 24.2. The molecule has 1 N–H and O–H groups in total. The molecule has 0 aliphatic carbocycles. The number of rotatable bonds is 6. The number of aromatic amines is 1. The van der Waals surface area contributed by atoms with E-state index in [1.54, 1.807) is 17.6 Å². The number of carbonyl (C=O) groups excluding carboxylic acids is 1. The van der Waals surface area contributed by atoms with E-state index in [0.29, 0.717) is 18.2 Å². The van der Waals surface area contributed by atoms with Gasteiger partial charge in [0.05, 0.1) is 6.61 Å². The summed E-state index contributed by atoms with van der Waals surface area (Å²) in [6, 6.07) is 13.5. The number of aromatic nitrogens is 4. The number of aryl methyl sites for hydroxylation is 1. The fourth-order valence-electron chi connectivity index (χ4n) is 4.65. The van der Waals surface area contributed by atoms with Crippen LogP contribution in [0.3, 0.4) is 0 Å². The summed E-state index contributed by atoms with van der Waals surface area (Å²) >= 11 is 6.30. The Morgan fingerprint density at radius 2 is 1.89 bits per heavy atom. The molecule has 2 aromatic carbocycles. The van der Waals surface area contributed by atoms with Crippen molar-refractivity contribution in [3.8, 4) is 5.75 Å². The molecule has 2 aromatic heterocycles. The first-order valence-corrected chi connectivity index (χ1v) is 12.5. The first-order chi connectivity index (χ1) is 17.3. The van der Waals surface area contributed by atoms with Crippen molar-refractivity contribution in [3.63, 3.8) is 0 Å². The second-order valence-electron chi connectivity index (χ2n) is 10.0. The smallest absolute Gasteiger partial charge is 0.411 e. The third-order valence-corrected chi connectivity index (χ3v) is 6.44.